The molecule has 0 spiro atoms. The van der Waals surface area contributed by atoms with Crippen molar-refractivity contribution in [3.05, 3.63) is 112 Å². The van der Waals surface area contributed by atoms with Gasteiger partial charge in [-0.15, -0.1) is 0 Å². The van der Waals surface area contributed by atoms with Crippen LogP contribution in [0.5, 0.6) is 0 Å². The first-order valence-corrected chi connectivity index (χ1v) is 14.8. The van der Waals surface area contributed by atoms with Crippen LogP contribution in [0.4, 0.5) is 11.4 Å². The third-order valence-electron chi connectivity index (χ3n) is 8.03. The van der Waals surface area contributed by atoms with Gasteiger partial charge in [-0.25, -0.2) is 0 Å². The number of nitrogens with one attached hydrogen (secondary N) is 1. The molecule has 7 nitrogen and oxygen atoms in total. The Morgan fingerprint density at radius 2 is 1.68 bits per heavy atom. The number of aryl methyl sites for hydroxylation is 1. The monoisotopic (exact) mass is 569 g/mol. The second-order valence-electron chi connectivity index (χ2n) is 10.5. The number of nitro benzene ring substituents is 1. The van der Waals surface area contributed by atoms with E-state index in [1.54, 1.807) is 23.9 Å². The van der Waals surface area contributed by atoms with Crippen LogP contribution in [-0.2, 0) is 0 Å². The van der Waals surface area contributed by atoms with Gasteiger partial charge in [0.25, 0.3) is 5.69 Å². The molecular formula is C31H31N5O2S2. The Labute approximate surface area is 243 Å². The molecule has 1 saturated carbocycles. The minimum absolute atomic E-state index is 0.0445. The number of rotatable bonds is 7. The molecule has 2 atom stereocenters. The first-order valence-electron chi connectivity index (χ1n) is 13.6. The maximum atomic E-state index is 11.0. The minimum Gasteiger partial charge on any atom is -0.351 e. The summed E-state index contributed by atoms with van der Waals surface area (Å²) in [7, 11) is 0. The summed E-state index contributed by atoms with van der Waals surface area (Å²) in [5, 5.41) is 15.3. The van der Waals surface area contributed by atoms with Crippen molar-refractivity contribution < 1.29 is 4.92 Å². The Kier molecular flexibility index (Phi) is 7.33. The van der Waals surface area contributed by atoms with Crippen molar-refractivity contribution in [2.24, 2.45) is 0 Å². The van der Waals surface area contributed by atoms with Gasteiger partial charge in [0, 0.05) is 51.2 Å². The molecule has 2 aromatic carbocycles. The molecule has 1 aliphatic carbocycles. The van der Waals surface area contributed by atoms with Crippen molar-refractivity contribution in [1.29, 1.82) is 0 Å². The summed E-state index contributed by atoms with van der Waals surface area (Å²) >= 11 is 7.53. The van der Waals surface area contributed by atoms with E-state index in [0.29, 0.717) is 11.2 Å². The molecule has 0 radical (unpaired) electrons. The number of benzene rings is 2. The average molecular weight is 570 g/mol. The highest BCUT2D eigenvalue weighted by Gasteiger charge is 2.42. The first-order chi connectivity index (χ1) is 19.4. The van der Waals surface area contributed by atoms with E-state index in [9.17, 15) is 10.1 Å². The first kappa shape index (κ1) is 26.5. The number of nitrogens with zero attached hydrogens (tertiary/aromatic N) is 4. The lowest BCUT2D eigenvalue weighted by molar-refractivity contribution is -0.384. The third-order valence-corrected chi connectivity index (χ3v) is 9.36. The molecule has 0 amide bonds. The average Bonchev–Trinajstić information content (AvgIpc) is 3.67. The summed E-state index contributed by atoms with van der Waals surface area (Å²) in [4.78, 5) is 19.5. The van der Waals surface area contributed by atoms with Crippen molar-refractivity contribution in [3.63, 3.8) is 0 Å². The summed E-state index contributed by atoms with van der Waals surface area (Å²) < 4.78 is 2.54. The molecule has 2 unspecified atom stereocenters. The Morgan fingerprint density at radius 3 is 2.30 bits per heavy atom. The van der Waals surface area contributed by atoms with Gasteiger partial charge in [0.1, 0.15) is 0 Å². The second-order valence-corrected chi connectivity index (χ2v) is 12.0. The fourth-order valence-corrected chi connectivity index (χ4v) is 7.38. The summed E-state index contributed by atoms with van der Waals surface area (Å²) in [5.41, 5.74) is 5.95. The van der Waals surface area contributed by atoms with Crippen LogP contribution in [-0.4, -0.2) is 19.6 Å². The van der Waals surface area contributed by atoms with Crippen LogP contribution < -0.4 is 10.2 Å². The van der Waals surface area contributed by atoms with Crippen molar-refractivity contribution in [2.45, 2.75) is 67.4 Å². The molecular weight excluding hydrogens is 539 g/mol. The molecule has 1 aliphatic heterocycles. The highest BCUT2D eigenvalue weighted by Crippen LogP contribution is 2.45. The molecule has 40 heavy (non-hydrogen) atoms. The van der Waals surface area contributed by atoms with Crippen LogP contribution in [0.1, 0.15) is 66.5 Å². The number of nitro groups is 1. The number of hydrogen-bond acceptors (Lipinski definition) is 5. The number of non-ortho nitro benzene ring substituents is 1. The van der Waals surface area contributed by atoms with Gasteiger partial charge in [0.15, 0.2) is 5.11 Å². The molecule has 4 aromatic rings. The predicted molar refractivity (Wildman–Crippen MR) is 163 cm³/mol. The summed E-state index contributed by atoms with van der Waals surface area (Å²) in [5.74, 6) is 0. The largest absolute Gasteiger partial charge is 0.351 e. The lowest BCUT2D eigenvalue weighted by Gasteiger charge is -2.28. The van der Waals surface area contributed by atoms with Gasteiger partial charge in [-0.3, -0.25) is 15.1 Å². The topological polar surface area (TPSA) is 76.2 Å². The van der Waals surface area contributed by atoms with Crippen molar-refractivity contribution in [2.75, 3.05) is 4.90 Å². The maximum Gasteiger partial charge on any atom is 0.269 e. The highest BCUT2D eigenvalue weighted by atomic mass is 32.2. The zero-order chi connectivity index (χ0) is 27.8. The quantitative estimate of drug-likeness (QED) is 0.138. The van der Waals surface area contributed by atoms with Gasteiger partial charge in [-0.05, 0) is 99.1 Å². The van der Waals surface area contributed by atoms with E-state index in [0.717, 1.165) is 21.2 Å². The molecule has 1 N–H and O–H groups in total. The van der Waals surface area contributed by atoms with Gasteiger partial charge in [-0.2, -0.15) is 0 Å². The fraction of sp³-hybridized carbons (Fsp3) is 0.290. The van der Waals surface area contributed by atoms with E-state index >= 15 is 0 Å². The summed E-state index contributed by atoms with van der Waals surface area (Å²) in [6, 6.07) is 23.8. The molecule has 6 rings (SSSR count). The number of hydrogen-bond donors (Lipinski definition) is 1. The van der Waals surface area contributed by atoms with Gasteiger partial charge in [-0.1, -0.05) is 30.7 Å². The van der Waals surface area contributed by atoms with Gasteiger partial charge >= 0.3 is 0 Å². The lowest BCUT2D eigenvalue weighted by Crippen LogP contribution is -2.29. The van der Waals surface area contributed by atoms with Crippen LogP contribution in [0.15, 0.2) is 88.8 Å². The van der Waals surface area contributed by atoms with Crippen molar-refractivity contribution in [1.82, 2.24) is 14.9 Å². The fourth-order valence-electron chi connectivity index (χ4n) is 6.22. The van der Waals surface area contributed by atoms with Crippen LogP contribution in [0.2, 0.25) is 0 Å². The van der Waals surface area contributed by atoms with Crippen molar-refractivity contribution in [3.8, 4) is 0 Å². The van der Waals surface area contributed by atoms with Gasteiger partial charge < -0.3 is 14.8 Å². The maximum absolute atomic E-state index is 11.0. The number of thiocarbonyl (C=S) groups is 1. The zero-order valence-electron chi connectivity index (χ0n) is 22.5. The Hall–Kier alpha value is -3.69. The van der Waals surface area contributed by atoms with E-state index in [1.807, 2.05) is 18.3 Å². The zero-order valence-corrected chi connectivity index (χ0v) is 24.1. The second kappa shape index (κ2) is 11.1. The molecule has 204 valence electrons. The Balaban J connectivity index is 1.34. The van der Waals surface area contributed by atoms with Crippen LogP contribution in [0.25, 0.3) is 0 Å². The van der Waals surface area contributed by atoms with Gasteiger partial charge in [0.2, 0.25) is 0 Å². The predicted octanol–water partition coefficient (Wildman–Crippen LogP) is 7.85. The summed E-state index contributed by atoms with van der Waals surface area (Å²) in [6.45, 7) is 4.47. The Morgan fingerprint density at radius 1 is 1.00 bits per heavy atom. The van der Waals surface area contributed by atoms with E-state index in [1.165, 1.54) is 54.8 Å². The van der Waals surface area contributed by atoms with Crippen LogP contribution in [0, 0.1) is 24.0 Å². The third kappa shape index (κ3) is 4.99. The standard InChI is InChI=1S/C31H31N5O2S2/c1-20-19-27(21(2)34(20)22-7-3-4-8-22)30-29(28-9-5-6-18-32-28)33-31(39)35(30)23-10-14-25(15-11-23)40-26-16-12-24(13-17-26)36(37)38/h5-6,9-19,22,29-30H,3-4,7-8H2,1-2H3,(H,33,39). The molecule has 1 saturated heterocycles. The number of pyridine rings is 1. The number of aromatic nitrogens is 2. The molecule has 2 aromatic heterocycles. The van der Waals surface area contributed by atoms with Gasteiger partial charge in [0.05, 0.1) is 22.7 Å². The normalized spacial score (nSPS) is 19.2. The van der Waals surface area contributed by atoms with E-state index in [2.05, 4.69) is 65.0 Å². The Bertz CT molecular complexity index is 1530. The molecule has 3 heterocycles. The van der Waals surface area contributed by atoms with Crippen LogP contribution in [0.3, 0.4) is 0 Å². The minimum atomic E-state index is -0.379. The van der Waals surface area contributed by atoms with Crippen molar-refractivity contribution >= 4 is 40.5 Å². The molecule has 2 fully saturated rings. The molecule has 0 bridgehead atoms. The highest BCUT2D eigenvalue weighted by molar-refractivity contribution is 7.99. The SMILES string of the molecule is Cc1cc(C2C(c3ccccn3)NC(=S)N2c2ccc(Sc3ccc([N+](=O)[O-])cc3)cc2)c(C)n1C1CCCC1. The lowest BCUT2D eigenvalue weighted by atomic mass is 9.96. The smallest absolute Gasteiger partial charge is 0.269 e. The van der Waals surface area contributed by atoms with Crippen LogP contribution >= 0.6 is 24.0 Å². The van der Waals surface area contributed by atoms with E-state index in [4.69, 9.17) is 17.2 Å². The molecule has 9 heteroatoms. The van der Waals surface area contributed by atoms with E-state index < -0.39 is 0 Å². The molecule has 2 aliphatic rings. The summed E-state index contributed by atoms with van der Waals surface area (Å²) in [6.07, 6.45) is 6.89. The number of anilines is 1. The van der Waals surface area contributed by atoms with E-state index in [-0.39, 0.29) is 22.7 Å².